The number of hydrogen-bond donors (Lipinski definition) is 5. The van der Waals surface area contributed by atoms with Crippen LogP contribution in [0, 0.1) is 0 Å². The van der Waals surface area contributed by atoms with Gasteiger partial charge >= 0.3 is 0 Å². The van der Waals surface area contributed by atoms with Crippen LogP contribution in [0.25, 0.3) is 37.8 Å². The van der Waals surface area contributed by atoms with E-state index in [-0.39, 0.29) is 23.6 Å². The smallest absolute Gasteiger partial charge is 0.270 e. The van der Waals surface area contributed by atoms with Crippen LogP contribution in [-0.4, -0.2) is 161 Å². The lowest BCUT2D eigenvalue weighted by molar-refractivity contribution is 0.0939. The summed E-state index contributed by atoms with van der Waals surface area (Å²) in [6.07, 6.45) is 21.8. The maximum Gasteiger partial charge on any atom is 0.270 e. The molecule has 4 fully saturated rings. The van der Waals surface area contributed by atoms with Crippen LogP contribution in [0.1, 0.15) is 141 Å². The number of imidazole rings is 2. The first-order valence-electron chi connectivity index (χ1n) is 37.5. The number of amides is 4. The molecule has 32 heteroatoms. The van der Waals surface area contributed by atoms with Gasteiger partial charge in [0.25, 0.3) is 23.6 Å². The lowest BCUT2D eigenvalue weighted by Crippen LogP contribution is -2.35. The number of H-pyrrole nitrogens is 1. The molecule has 6 aromatic heterocycles. The number of nitrogens with zero attached hydrogens (tertiary/aromatic N) is 10. The number of piperidine rings is 4. The fraction of sp³-hybridized carbons (Fsp3) is 0.296. The van der Waals surface area contributed by atoms with E-state index in [1.807, 2.05) is 28.8 Å². The maximum absolute atomic E-state index is 12.7. The summed E-state index contributed by atoms with van der Waals surface area (Å²) >= 11 is 1.50. The van der Waals surface area contributed by atoms with Gasteiger partial charge in [0, 0.05) is 132 Å². The highest BCUT2D eigenvalue weighted by molar-refractivity contribution is 7.90. The number of benzene rings is 6. The van der Waals surface area contributed by atoms with Crippen LogP contribution in [0.4, 0.5) is 0 Å². The van der Waals surface area contributed by atoms with Crippen molar-refractivity contribution in [1.82, 2.24) is 72.8 Å². The largest absolute Gasteiger partial charge is 0.348 e. The van der Waals surface area contributed by atoms with E-state index in [0.29, 0.717) is 132 Å². The van der Waals surface area contributed by atoms with Crippen LogP contribution in [0.15, 0.2) is 226 Å². The number of aromatic amines is 1. The van der Waals surface area contributed by atoms with Crippen molar-refractivity contribution in [1.29, 1.82) is 0 Å². The van der Waals surface area contributed by atoms with Crippen LogP contribution >= 0.6 is 11.3 Å². The molecule has 0 bridgehead atoms. The zero-order valence-corrected chi connectivity index (χ0v) is 66.1. The molecule has 0 atom stereocenters. The number of sulfonamides is 4. The number of fused-ring (bicyclic) bond motifs is 4. The predicted molar refractivity (Wildman–Crippen MR) is 431 cm³/mol. The van der Waals surface area contributed by atoms with Gasteiger partial charge in [0.2, 0.25) is 40.1 Å². The van der Waals surface area contributed by atoms with Gasteiger partial charge in [0.1, 0.15) is 11.3 Å². The van der Waals surface area contributed by atoms with Gasteiger partial charge in [-0.2, -0.15) is 17.2 Å². The van der Waals surface area contributed by atoms with Gasteiger partial charge in [-0.05, 0) is 189 Å². The van der Waals surface area contributed by atoms with Crippen molar-refractivity contribution in [2.75, 3.05) is 52.4 Å². The van der Waals surface area contributed by atoms with E-state index in [4.69, 9.17) is 0 Å². The summed E-state index contributed by atoms with van der Waals surface area (Å²) in [6.45, 7) is 5.94. The number of carbonyl (C=O) groups is 4. The van der Waals surface area contributed by atoms with Gasteiger partial charge in [0.05, 0.1) is 58.2 Å². The SMILES string of the molecule is O=C(NCc1ccc(S(=O)(=O)N2CCCCC2)cc1)c1ccc2cnccc2n1.O=C(NCc1ccc(S(=O)(=O)N2CCCCC2)cc1)c1ccc2nc[nH]c2c1.O=C(NCc1ccc(S(=O)(=O)N2CCCCC2)cc1)c1ccc2ncsc2c1.O=C(NCc1ccc(S(=O)(=O)N2CCCCC2)cc1)c1ccn2ccnc2c1. The molecule has 113 heavy (non-hydrogen) atoms. The van der Waals surface area contributed by atoms with E-state index < -0.39 is 40.1 Å². The number of hydrogen-bond acceptors (Lipinski definition) is 18. The maximum atomic E-state index is 12.7. The molecule has 0 aliphatic carbocycles. The van der Waals surface area contributed by atoms with Crippen molar-refractivity contribution >= 4 is 113 Å². The van der Waals surface area contributed by atoms with Crippen LogP contribution in [0.5, 0.6) is 0 Å². The number of nitrogens with one attached hydrogen (secondary N) is 5. The van der Waals surface area contributed by atoms with Crippen LogP contribution in [-0.2, 0) is 66.3 Å². The second-order valence-electron chi connectivity index (χ2n) is 27.7. The Morgan fingerprint density at radius 1 is 0.381 bits per heavy atom. The summed E-state index contributed by atoms with van der Waals surface area (Å²) < 4.78 is 111. The summed E-state index contributed by atoms with van der Waals surface area (Å²) in [4.78, 5) is 74.6. The second-order valence-corrected chi connectivity index (χ2v) is 36.3. The first-order chi connectivity index (χ1) is 54.6. The van der Waals surface area contributed by atoms with Gasteiger partial charge in [-0.15, -0.1) is 11.3 Å². The van der Waals surface area contributed by atoms with Crippen LogP contribution < -0.4 is 21.3 Å². The van der Waals surface area contributed by atoms with Crippen molar-refractivity contribution in [3.63, 3.8) is 0 Å². The topological polar surface area (TPSA) is 351 Å². The number of thiazole rings is 1. The Morgan fingerprint density at radius 3 is 1.23 bits per heavy atom. The molecule has 0 radical (unpaired) electrons. The molecule has 0 saturated carbocycles. The molecule has 0 unspecified atom stereocenters. The molecule has 4 saturated heterocycles. The Morgan fingerprint density at radius 2 is 0.788 bits per heavy atom. The Balaban J connectivity index is 0.000000132. The van der Waals surface area contributed by atoms with E-state index in [1.54, 1.807) is 199 Å². The molecule has 10 heterocycles. The summed E-state index contributed by atoms with van der Waals surface area (Å²) in [5.74, 6) is -0.842. The second kappa shape index (κ2) is 36.9. The fourth-order valence-corrected chi connectivity index (χ4v) is 20.3. The molecule has 6 aromatic carbocycles. The normalized spacial score (nSPS) is 15.5. The molecule has 588 valence electrons. The Hall–Kier alpha value is -10.6. The lowest BCUT2D eigenvalue weighted by atomic mass is 10.1. The third kappa shape index (κ3) is 20.3. The molecule has 5 N–H and O–H groups in total. The highest BCUT2D eigenvalue weighted by Gasteiger charge is 2.30. The number of pyridine rings is 3. The molecular formula is C81H87N15O12S5. The van der Waals surface area contributed by atoms with Crippen molar-refractivity contribution in [2.45, 2.75) is 123 Å². The average Bonchev–Trinajstić information content (AvgIpc) is 1.26. The van der Waals surface area contributed by atoms with Crippen molar-refractivity contribution in [3.8, 4) is 0 Å². The molecule has 4 aliphatic rings. The van der Waals surface area contributed by atoms with Crippen LogP contribution in [0.2, 0.25) is 0 Å². The van der Waals surface area contributed by atoms with E-state index >= 15 is 0 Å². The third-order valence-electron chi connectivity index (χ3n) is 20.0. The molecule has 0 spiro atoms. The monoisotopic (exact) mass is 1620 g/mol. The lowest BCUT2D eigenvalue weighted by Gasteiger charge is -2.25. The zero-order valence-electron chi connectivity index (χ0n) is 62.0. The number of carbonyl (C=O) groups excluding carboxylic acids is 4. The summed E-state index contributed by atoms with van der Waals surface area (Å²) in [5, 5.41) is 12.3. The predicted octanol–water partition coefficient (Wildman–Crippen LogP) is 11.2. The minimum absolute atomic E-state index is 0.166. The van der Waals surface area contributed by atoms with Crippen molar-refractivity contribution in [3.05, 3.63) is 251 Å². The Bertz CT molecular complexity index is 5390. The molecule has 16 rings (SSSR count). The standard InChI is InChI=1S/C21H22N4O3S.2C20H22N4O3S.C20H21N3O3S2/c26-21(20-9-6-17-15-22-11-10-19(17)24-20)23-14-16-4-7-18(8-5-16)29(27,28)25-12-2-1-3-13-25;25-20(16-6-9-18-19(12-16)23-14-22-18)21-13-15-4-7-17(8-5-15)28(26,27)24-10-2-1-3-11-24;25-20(17-8-12-23-13-9-21-19(23)14-17)22-15-16-4-6-18(7-5-16)28(26,27)24-10-2-1-3-11-24;24-20(16-6-9-18-19(12-16)27-14-22-18)21-13-15-4-7-17(8-5-15)28(25,26)23-10-2-1-3-11-23/h4-11,15H,1-3,12-14H2,(H,23,26);4-9,12,14H,1-3,10-11,13H2,(H,21,25)(H,22,23);4-9,12-14H,1-3,10-11,15H2,(H,22,25);4-9,12,14H,1-3,10-11,13H2,(H,21,24). The Labute approximate surface area is 660 Å². The highest BCUT2D eigenvalue weighted by atomic mass is 32.2. The van der Waals surface area contributed by atoms with E-state index in [0.717, 1.165) is 126 Å². The number of aromatic nitrogens is 7. The van der Waals surface area contributed by atoms with Gasteiger partial charge in [-0.25, -0.2) is 53.6 Å². The average molecular weight is 1620 g/mol. The zero-order chi connectivity index (χ0) is 79.0. The van der Waals surface area contributed by atoms with E-state index in [1.165, 1.54) is 11.3 Å². The van der Waals surface area contributed by atoms with E-state index in [9.17, 15) is 52.8 Å². The Kier molecular flexibility index (Phi) is 26.3. The minimum atomic E-state index is -3.44. The van der Waals surface area contributed by atoms with Crippen molar-refractivity contribution < 1.29 is 52.8 Å². The minimum Gasteiger partial charge on any atom is -0.348 e. The number of rotatable bonds is 20. The molecular weight excluding hydrogens is 1540 g/mol. The first-order valence-corrected chi connectivity index (χ1v) is 44.2. The van der Waals surface area contributed by atoms with Gasteiger partial charge in [-0.3, -0.25) is 24.2 Å². The van der Waals surface area contributed by atoms with Crippen molar-refractivity contribution in [2.24, 2.45) is 0 Å². The summed E-state index contributed by atoms with van der Waals surface area (Å²) in [5.41, 5.74) is 11.0. The van der Waals surface area contributed by atoms with Gasteiger partial charge < -0.3 is 30.7 Å². The highest BCUT2D eigenvalue weighted by Crippen LogP contribution is 2.27. The summed E-state index contributed by atoms with van der Waals surface area (Å²) in [7, 11) is -13.7. The molecule has 27 nitrogen and oxygen atoms in total. The molecule has 12 aromatic rings. The van der Waals surface area contributed by atoms with Crippen LogP contribution in [0.3, 0.4) is 0 Å². The first kappa shape index (κ1) is 80.5. The summed E-state index contributed by atoms with van der Waals surface area (Å²) in [6, 6.07) is 46.2. The van der Waals surface area contributed by atoms with Gasteiger partial charge in [-0.1, -0.05) is 74.2 Å². The van der Waals surface area contributed by atoms with E-state index in [2.05, 4.69) is 51.2 Å². The quantitative estimate of drug-likeness (QED) is 0.0473. The molecule has 4 aliphatic heterocycles. The van der Waals surface area contributed by atoms with Gasteiger partial charge in [0.15, 0.2) is 0 Å². The fourth-order valence-electron chi connectivity index (χ4n) is 13.5. The third-order valence-corrected chi connectivity index (χ3v) is 28.4. The molecule has 4 amide bonds.